The number of aromatic carboxylic acids is 1. The van der Waals surface area contributed by atoms with Crippen LogP contribution in [0.25, 0.3) is 10.9 Å². The zero-order valence-electron chi connectivity index (χ0n) is 20.3. The van der Waals surface area contributed by atoms with Gasteiger partial charge >= 0.3 is 12.1 Å². The van der Waals surface area contributed by atoms with Crippen molar-refractivity contribution < 1.29 is 41.4 Å². The molecule has 0 aliphatic carbocycles. The lowest BCUT2D eigenvalue weighted by atomic mass is 10.0. The van der Waals surface area contributed by atoms with E-state index in [1.54, 1.807) is 0 Å². The number of carboxylic acids is 1. The van der Waals surface area contributed by atoms with Gasteiger partial charge in [-0.25, -0.2) is 18.6 Å². The first kappa shape index (κ1) is 26.6. The van der Waals surface area contributed by atoms with Crippen LogP contribution < -0.4 is 4.74 Å². The number of alkyl halides is 3. The molecule has 1 aliphatic rings. The van der Waals surface area contributed by atoms with Crippen LogP contribution in [0.2, 0.25) is 0 Å². The monoisotopic (exact) mass is 565 g/mol. The van der Waals surface area contributed by atoms with Crippen LogP contribution in [-0.4, -0.2) is 45.1 Å². The number of aromatic nitrogens is 2. The van der Waals surface area contributed by atoms with Crippen LogP contribution in [0, 0.1) is 11.6 Å². The molecule has 0 spiro atoms. The molecule has 4 aromatic rings. The molecule has 1 amide bonds. The van der Waals surface area contributed by atoms with Crippen molar-refractivity contribution >= 4 is 34.1 Å². The summed E-state index contributed by atoms with van der Waals surface area (Å²) in [6.45, 7) is 0.142. The lowest BCUT2D eigenvalue weighted by Gasteiger charge is -2.29. The predicted octanol–water partition coefficient (Wildman–Crippen LogP) is 5.28. The Balaban J connectivity index is 1.47. The number of methoxy groups -OCH3 is 1. The maximum Gasteiger partial charge on any atom is 0.443 e. The highest BCUT2D eigenvalue weighted by molar-refractivity contribution is 7.11. The maximum atomic E-state index is 15.0. The molecule has 5 rings (SSSR count). The molecule has 1 aliphatic heterocycles. The van der Waals surface area contributed by atoms with E-state index in [-0.39, 0.29) is 60.1 Å². The Hall–Kier alpha value is -4.00. The van der Waals surface area contributed by atoms with E-state index in [1.807, 2.05) is 0 Å². The number of rotatable bonds is 6. The molecule has 0 unspecified atom stereocenters. The van der Waals surface area contributed by atoms with Crippen molar-refractivity contribution in [2.24, 2.45) is 0 Å². The summed E-state index contributed by atoms with van der Waals surface area (Å²) in [5, 5.41) is 8.55. The second-order valence-electron chi connectivity index (χ2n) is 9.01. The third kappa shape index (κ3) is 5.05. The average Bonchev–Trinajstić information content (AvgIpc) is 3.47. The second kappa shape index (κ2) is 9.95. The van der Waals surface area contributed by atoms with Gasteiger partial charge in [0.05, 0.1) is 32.1 Å². The summed E-state index contributed by atoms with van der Waals surface area (Å²) in [4.78, 5) is 29.7. The van der Waals surface area contributed by atoms with Gasteiger partial charge in [-0.05, 0) is 35.7 Å². The Kier molecular flexibility index (Phi) is 6.79. The number of benzene rings is 2. The molecule has 13 heteroatoms. The third-order valence-corrected chi connectivity index (χ3v) is 7.61. The number of halogens is 5. The van der Waals surface area contributed by atoms with Crippen molar-refractivity contribution in [3.63, 3.8) is 0 Å². The van der Waals surface area contributed by atoms with Crippen LogP contribution in [0.5, 0.6) is 5.75 Å². The standard InChI is InChI=1S/C26H20F5N3O4S/c1-38-21-6-13(2-3-17(21)24(36)37)7-22(35)33-5-4-16-18-8-14(27)9-19(28)23(18)34(20(16)12-33)11-15-10-32-25(39-15)26(29,30)31/h2-3,6,8-10H,4-5,7,11-12H2,1H3,(H,36,37). The number of nitrogens with zero attached hydrogens (tertiary/aromatic N) is 3. The molecular weight excluding hydrogens is 545 g/mol. The van der Waals surface area contributed by atoms with E-state index >= 15 is 4.39 Å². The van der Waals surface area contributed by atoms with Crippen LogP contribution >= 0.6 is 11.3 Å². The molecule has 3 heterocycles. The number of fused-ring (bicyclic) bond motifs is 3. The van der Waals surface area contributed by atoms with Crippen molar-refractivity contribution in [2.45, 2.75) is 32.1 Å². The van der Waals surface area contributed by atoms with Gasteiger partial charge in [-0.2, -0.15) is 13.2 Å². The Morgan fingerprint density at radius 1 is 1.18 bits per heavy atom. The molecular formula is C26H20F5N3O4S. The van der Waals surface area contributed by atoms with Gasteiger partial charge in [0.15, 0.2) is 5.01 Å². The fraction of sp³-hybridized carbons (Fsp3) is 0.269. The zero-order chi connectivity index (χ0) is 28.1. The summed E-state index contributed by atoms with van der Waals surface area (Å²) in [5.41, 5.74) is 1.64. The van der Waals surface area contributed by atoms with E-state index in [0.29, 0.717) is 33.5 Å². The van der Waals surface area contributed by atoms with Gasteiger partial charge in [0.2, 0.25) is 5.91 Å². The Morgan fingerprint density at radius 3 is 2.62 bits per heavy atom. The van der Waals surface area contributed by atoms with Gasteiger partial charge in [0.1, 0.15) is 22.9 Å². The fourth-order valence-corrected chi connectivity index (χ4v) is 5.62. The number of amides is 1. The van der Waals surface area contributed by atoms with E-state index in [9.17, 15) is 32.3 Å². The average molecular weight is 566 g/mol. The van der Waals surface area contributed by atoms with Crippen molar-refractivity contribution in [1.82, 2.24) is 14.5 Å². The minimum atomic E-state index is -4.62. The SMILES string of the molecule is COc1cc(CC(=O)N2CCc3c(n(Cc4cnc(C(F)(F)F)s4)c4c(F)cc(F)cc34)C2)ccc1C(=O)O. The molecule has 39 heavy (non-hydrogen) atoms. The highest BCUT2D eigenvalue weighted by atomic mass is 32.1. The summed E-state index contributed by atoms with van der Waals surface area (Å²) >= 11 is 0.434. The van der Waals surface area contributed by atoms with Crippen LogP contribution in [-0.2, 0) is 36.9 Å². The highest BCUT2D eigenvalue weighted by Gasteiger charge is 2.35. The smallest absolute Gasteiger partial charge is 0.443 e. The minimum absolute atomic E-state index is 0.0270. The first-order valence-corrected chi connectivity index (χ1v) is 12.5. The number of ether oxygens (including phenoxy) is 1. The molecule has 0 bridgehead atoms. The molecule has 204 valence electrons. The lowest BCUT2D eigenvalue weighted by Crippen LogP contribution is -2.37. The van der Waals surface area contributed by atoms with Crippen LogP contribution in [0.1, 0.15) is 37.1 Å². The highest BCUT2D eigenvalue weighted by Crippen LogP contribution is 2.36. The summed E-state index contributed by atoms with van der Waals surface area (Å²) in [6, 6.07) is 6.23. The Morgan fingerprint density at radius 2 is 1.95 bits per heavy atom. The minimum Gasteiger partial charge on any atom is -0.496 e. The van der Waals surface area contributed by atoms with Crippen LogP contribution in [0.4, 0.5) is 22.0 Å². The fourth-order valence-electron chi connectivity index (χ4n) is 4.85. The quantitative estimate of drug-likeness (QED) is 0.322. The van der Waals surface area contributed by atoms with Gasteiger partial charge in [-0.3, -0.25) is 4.79 Å². The Bertz CT molecular complexity index is 1610. The normalized spacial score (nSPS) is 13.5. The van der Waals surface area contributed by atoms with Gasteiger partial charge < -0.3 is 19.3 Å². The number of thiazole rings is 1. The second-order valence-corrected chi connectivity index (χ2v) is 10.1. The summed E-state index contributed by atoms with van der Waals surface area (Å²) in [7, 11) is 1.32. The number of carbonyl (C=O) groups is 2. The van der Waals surface area contributed by atoms with Gasteiger partial charge in [0.25, 0.3) is 0 Å². The first-order valence-electron chi connectivity index (χ1n) is 11.6. The van der Waals surface area contributed by atoms with Crippen molar-refractivity contribution in [1.29, 1.82) is 0 Å². The van der Waals surface area contributed by atoms with E-state index in [0.717, 1.165) is 12.3 Å². The number of hydrogen-bond acceptors (Lipinski definition) is 5. The van der Waals surface area contributed by atoms with E-state index < -0.39 is 28.8 Å². The molecule has 0 saturated heterocycles. The number of carboxylic acid groups (broad SMARTS) is 1. The zero-order valence-corrected chi connectivity index (χ0v) is 21.1. The van der Waals surface area contributed by atoms with Gasteiger partial charge in [0, 0.05) is 34.8 Å². The third-order valence-electron chi connectivity index (χ3n) is 6.58. The van der Waals surface area contributed by atoms with Crippen molar-refractivity contribution in [3.8, 4) is 5.75 Å². The van der Waals surface area contributed by atoms with Gasteiger partial charge in [-0.1, -0.05) is 6.07 Å². The van der Waals surface area contributed by atoms with E-state index in [2.05, 4.69) is 4.98 Å². The van der Waals surface area contributed by atoms with Crippen molar-refractivity contribution in [2.75, 3.05) is 13.7 Å². The number of carbonyl (C=O) groups excluding carboxylic acids is 1. The summed E-state index contributed by atoms with van der Waals surface area (Å²) < 4.78 is 75.0. The maximum absolute atomic E-state index is 15.0. The topological polar surface area (TPSA) is 84.7 Å². The molecule has 0 fully saturated rings. The molecule has 0 radical (unpaired) electrons. The van der Waals surface area contributed by atoms with Crippen molar-refractivity contribution in [3.05, 3.63) is 80.4 Å². The van der Waals surface area contributed by atoms with E-state index in [1.165, 1.54) is 40.8 Å². The summed E-state index contributed by atoms with van der Waals surface area (Å²) in [6.07, 6.45) is -3.33. The summed E-state index contributed by atoms with van der Waals surface area (Å²) in [5.74, 6) is -3.01. The molecule has 1 N–H and O–H groups in total. The number of hydrogen-bond donors (Lipinski definition) is 1. The molecule has 0 saturated carbocycles. The van der Waals surface area contributed by atoms with Gasteiger partial charge in [-0.15, -0.1) is 11.3 Å². The largest absolute Gasteiger partial charge is 0.496 e. The van der Waals surface area contributed by atoms with Crippen LogP contribution in [0.3, 0.4) is 0 Å². The predicted molar refractivity (Wildman–Crippen MR) is 131 cm³/mol. The Labute approximate surface area is 222 Å². The molecule has 2 aromatic carbocycles. The molecule has 0 atom stereocenters. The molecule has 7 nitrogen and oxygen atoms in total. The lowest BCUT2D eigenvalue weighted by molar-refractivity contribution is -0.137. The van der Waals surface area contributed by atoms with Crippen LogP contribution in [0.15, 0.2) is 36.5 Å². The molecule has 2 aromatic heterocycles. The van der Waals surface area contributed by atoms with E-state index in [4.69, 9.17) is 4.74 Å². The first-order chi connectivity index (χ1) is 18.5.